The van der Waals surface area contributed by atoms with Gasteiger partial charge in [-0.2, -0.15) is 13.2 Å². The van der Waals surface area contributed by atoms with Crippen molar-refractivity contribution in [2.24, 2.45) is 0 Å². The summed E-state index contributed by atoms with van der Waals surface area (Å²) < 4.78 is 35.9. The highest BCUT2D eigenvalue weighted by Crippen LogP contribution is 2.22. The van der Waals surface area contributed by atoms with Crippen LogP contribution >= 0.6 is 11.6 Å². The Bertz CT molecular complexity index is 252. The quantitative estimate of drug-likeness (QED) is 0.728. The Hall–Kier alpha value is -0.490. The molecule has 0 aliphatic carbocycles. The van der Waals surface area contributed by atoms with Crippen molar-refractivity contribution < 1.29 is 18.0 Å². The second kappa shape index (κ2) is 6.44. The minimum atomic E-state index is -4.25. The van der Waals surface area contributed by atoms with Crippen molar-refractivity contribution in [2.75, 3.05) is 38.6 Å². The van der Waals surface area contributed by atoms with Gasteiger partial charge in [0.1, 0.15) is 0 Å². The molecule has 17 heavy (non-hydrogen) atoms. The van der Waals surface area contributed by atoms with E-state index in [1.807, 2.05) is 0 Å². The molecule has 1 fully saturated rings. The maximum Gasteiger partial charge on any atom is 0.389 e. The van der Waals surface area contributed by atoms with E-state index in [0.29, 0.717) is 32.1 Å². The fraction of sp³-hybridized carbons (Fsp3) is 0.900. The molecule has 1 aliphatic rings. The standard InChI is InChI=1S/C10H16ClF3N2O/c11-3-4-15-5-7-16(8-6-15)9(17)1-2-10(12,13)14/h1-8H2. The van der Waals surface area contributed by atoms with Crippen molar-refractivity contribution in [3.8, 4) is 0 Å². The number of carbonyl (C=O) groups excluding carboxylic acids is 1. The van der Waals surface area contributed by atoms with Gasteiger partial charge in [-0.05, 0) is 0 Å². The average molecular weight is 273 g/mol. The Morgan fingerprint density at radius 3 is 2.24 bits per heavy atom. The monoisotopic (exact) mass is 272 g/mol. The molecule has 0 N–H and O–H groups in total. The van der Waals surface area contributed by atoms with Crippen LogP contribution in [0.25, 0.3) is 0 Å². The molecule has 1 aliphatic heterocycles. The Kier molecular flexibility index (Phi) is 5.52. The van der Waals surface area contributed by atoms with Crippen molar-refractivity contribution in [1.82, 2.24) is 9.80 Å². The predicted octanol–water partition coefficient (Wildman–Crippen LogP) is 1.71. The molecule has 0 aromatic rings. The highest BCUT2D eigenvalue weighted by molar-refractivity contribution is 6.18. The summed E-state index contributed by atoms with van der Waals surface area (Å²) in [5.74, 6) is 0.120. The van der Waals surface area contributed by atoms with Crippen LogP contribution in [-0.4, -0.2) is 60.5 Å². The van der Waals surface area contributed by atoms with E-state index in [2.05, 4.69) is 4.90 Å². The van der Waals surface area contributed by atoms with Crippen molar-refractivity contribution in [3.63, 3.8) is 0 Å². The zero-order chi connectivity index (χ0) is 12.9. The summed E-state index contributed by atoms with van der Waals surface area (Å²) in [5.41, 5.74) is 0. The molecule has 1 amide bonds. The maximum atomic E-state index is 12.0. The zero-order valence-electron chi connectivity index (χ0n) is 9.47. The summed E-state index contributed by atoms with van der Waals surface area (Å²) in [5, 5.41) is 0. The van der Waals surface area contributed by atoms with Crippen LogP contribution in [0.15, 0.2) is 0 Å². The van der Waals surface area contributed by atoms with Crippen LogP contribution in [0, 0.1) is 0 Å². The van der Waals surface area contributed by atoms with E-state index < -0.39 is 24.9 Å². The Morgan fingerprint density at radius 1 is 1.18 bits per heavy atom. The van der Waals surface area contributed by atoms with Crippen LogP contribution in [0.2, 0.25) is 0 Å². The van der Waals surface area contributed by atoms with E-state index in [-0.39, 0.29) is 0 Å². The lowest BCUT2D eigenvalue weighted by atomic mass is 10.2. The second-order valence-electron chi connectivity index (χ2n) is 4.03. The number of alkyl halides is 4. The first-order valence-corrected chi connectivity index (χ1v) is 6.08. The highest BCUT2D eigenvalue weighted by Gasteiger charge is 2.29. The van der Waals surface area contributed by atoms with Crippen molar-refractivity contribution in [2.45, 2.75) is 19.0 Å². The molecule has 1 rings (SSSR count). The third kappa shape index (κ3) is 5.59. The average Bonchev–Trinajstić information content (AvgIpc) is 2.26. The van der Waals surface area contributed by atoms with E-state index in [0.717, 1.165) is 6.54 Å². The summed E-state index contributed by atoms with van der Waals surface area (Å²) in [7, 11) is 0. The third-order valence-corrected chi connectivity index (χ3v) is 2.92. The lowest BCUT2D eigenvalue weighted by Crippen LogP contribution is -2.49. The van der Waals surface area contributed by atoms with Gasteiger partial charge in [0.2, 0.25) is 5.91 Å². The lowest BCUT2D eigenvalue weighted by Gasteiger charge is -2.34. The summed E-state index contributed by atoms with van der Waals surface area (Å²) in [6.07, 6.45) is -5.73. The number of hydrogen-bond donors (Lipinski definition) is 0. The van der Waals surface area contributed by atoms with Crippen LogP contribution in [-0.2, 0) is 4.79 Å². The molecular weight excluding hydrogens is 257 g/mol. The van der Waals surface area contributed by atoms with Crippen molar-refractivity contribution in [1.29, 1.82) is 0 Å². The fourth-order valence-corrected chi connectivity index (χ4v) is 1.99. The minimum Gasteiger partial charge on any atom is -0.340 e. The van der Waals surface area contributed by atoms with E-state index in [1.54, 1.807) is 0 Å². The molecule has 7 heteroatoms. The molecule has 1 heterocycles. The molecule has 1 saturated heterocycles. The van der Waals surface area contributed by atoms with E-state index in [1.165, 1.54) is 4.90 Å². The van der Waals surface area contributed by atoms with Gasteiger partial charge in [0.25, 0.3) is 0 Å². The van der Waals surface area contributed by atoms with Crippen molar-refractivity contribution in [3.05, 3.63) is 0 Å². The van der Waals surface area contributed by atoms with Gasteiger partial charge in [-0.15, -0.1) is 11.6 Å². The number of piperazine rings is 1. The van der Waals surface area contributed by atoms with Crippen LogP contribution in [0.4, 0.5) is 13.2 Å². The predicted molar refractivity (Wildman–Crippen MR) is 59.0 cm³/mol. The van der Waals surface area contributed by atoms with Gasteiger partial charge in [0.05, 0.1) is 6.42 Å². The molecule has 0 atom stereocenters. The molecule has 0 radical (unpaired) electrons. The second-order valence-corrected chi connectivity index (χ2v) is 4.40. The minimum absolute atomic E-state index is 0.409. The van der Waals surface area contributed by atoms with Gasteiger partial charge in [-0.1, -0.05) is 0 Å². The van der Waals surface area contributed by atoms with Gasteiger partial charge in [0.15, 0.2) is 0 Å². The van der Waals surface area contributed by atoms with Gasteiger partial charge >= 0.3 is 6.18 Å². The van der Waals surface area contributed by atoms with Crippen LogP contribution < -0.4 is 0 Å². The summed E-state index contributed by atoms with van der Waals surface area (Å²) in [6, 6.07) is 0. The highest BCUT2D eigenvalue weighted by atomic mass is 35.5. The van der Waals surface area contributed by atoms with E-state index in [9.17, 15) is 18.0 Å². The normalized spacial score (nSPS) is 18.5. The molecule has 0 unspecified atom stereocenters. The Morgan fingerprint density at radius 2 is 1.76 bits per heavy atom. The molecule has 0 aromatic heterocycles. The van der Waals surface area contributed by atoms with Crippen LogP contribution in [0.5, 0.6) is 0 Å². The first-order valence-electron chi connectivity index (χ1n) is 5.55. The van der Waals surface area contributed by atoms with Crippen molar-refractivity contribution >= 4 is 17.5 Å². The fourth-order valence-electron chi connectivity index (χ4n) is 1.75. The molecule has 100 valence electrons. The maximum absolute atomic E-state index is 12.0. The number of carbonyl (C=O) groups is 1. The topological polar surface area (TPSA) is 23.6 Å². The number of nitrogens with zero attached hydrogens (tertiary/aromatic N) is 2. The lowest BCUT2D eigenvalue weighted by molar-refractivity contribution is -0.150. The van der Waals surface area contributed by atoms with Crippen LogP contribution in [0.3, 0.4) is 0 Å². The Labute approximate surface area is 103 Å². The largest absolute Gasteiger partial charge is 0.389 e. The first-order chi connectivity index (χ1) is 7.92. The molecule has 0 spiro atoms. The molecule has 3 nitrogen and oxygen atoms in total. The summed E-state index contributed by atoms with van der Waals surface area (Å²) in [6.45, 7) is 3.11. The van der Waals surface area contributed by atoms with Crippen LogP contribution in [0.1, 0.15) is 12.8 Å². The number of halogens is 4. The van der Waals surface area contributed by atoms with E-state index in [4.69, 9.17) is 11.6 Å². The molecule has 0 bridgehead atoms. The summed E-state index contributed by atoms with van der Waals surface area (Å²) in [4.78, 5) is 15.1. The smallest absolute Gasteiger partial charge is 0.340 e. The SMILES string of the molecule is O=C(CCC(F)(F)F)N1CCN(CCCl)CC1. The molecule has 0 saturated carbocycles. The van der Waals surface area contributed by atoms with Gasteiger partial charge < -0.3 is 4.90 Å². The number of amides is 1. The number of hydrogen-bond acceptors (Lipinski definition) is 2. The number of rotatable bonds is 4. The molecule has 0 aromatic carbocycles. The van der Waals surface area contributed by atoms with Gasteiger partial charge in [-0.3, -0.25) is 9.69 Å². The first kappa shape index (κ1) is 14.6. The van der Waals surface area contributed by atoms with Gasteiger partial charge in [0, 0.05) is 45.0 Å². The third-order valence-electron chi connectivity index (χ3n) is 2.75. The Balaban J connectivity index is 2.26. The zero-order valence-corrected chi connectivity index (χ0v) is 10.2. The van der Waals surface area contributed by atoms with Gasteiger partial charge in [-0.25, -0.2) is 0 Å². The summed E-state index contributed by atoms with van der Waals surface area (Å²) >= 11 is 5.59. The van der Waals surface area contributed by atoms with E-state index >= 15 is 0 Å². The molecular formula is C10H16ClF3N2O.